The summed E-state index contributed by atoms with van der Waals surface area (Å²) in [6.45, 7) is 9.03. The maximum absolute atomic E-state index is 8.76. The summed E-state index contributed by atoms with van der Waals surface area (Å²) in [4.78, 5) is 0. The van der Waals surface area contributed by atoms with Gasteiger partial charge in [0.15, 0.2) is 0 Å². The van der Waals surface area contributed by atoms with Gasteiger partial charge in [0.05, 0.1) is 0 Å². The molecule has 1 aromatic rings. The molecule has 0 heterocycles. The largest absolute Gasteiger partial charge is 0.508 e. The maximum atomic E-state index is 8.76. The second-order valence-corrected chi connectivity index (χ2v) is 14.0. The molecule has 0 saturated heterocycles. The Hall–Kier alpha value is -0.181. The van der Waals surface area contributed by atoms with Gasteiger partial charge in [0, 0.05) is 0 Å². The fourth-order valence-corrected chi connectivity index (χ4v) is 5.58. The molecule has 0 aliphatic rings. The Morgan fingerprint density at radius 3 is 1.53 bits per heavy atom. The van der Waals surface area contributed by atoms with Crippen molar-refractivity contribution in [3.8, 4) is 5.75 Å². The van der Waals surface area contributed by atoms with Crippen LogP contribution >= 0.6 is 0 Å². The predicted molar refractivity (Wildman–Crippen MR) is 70.0 cm³/mol. The van der Waals surface area contributed by atoms with Gasteiger partial charge < -0.3 is 5.11 Å². The van der Waals surface area contributed by atoms with Crippen LogP contribution in [0.15, 0.2) is 24.3 Å². The Morgan fingerprint density at radius 2 is 1.33 bits per heavy atom. The van der Waals surface area contributed by atoms with Gasteiger partial charge in [-0.15, -0.1) is 0 Å². The molecule has 15 heavy (non-hydrogen) atoms. The van der Waals surface area contributed by atoms with Gasteiger partial charge in [-0.05, 0) is 19.1 Å². The summed E-state index contributed by atoms with van der Waals surface area (Å²) in [6.07, 6.45) is 0. The molecule has 0 aromatic heterocycles. The number of rotatable bonds is 3. The Labute approximate surface area is 101 Å². The summed E-state index contributed by atoms with van der Waals surface area (Å²) in [5, 5.41) is 8.76. The minimum Gasteiger partial charge on any atom is -0.508 e. The number of hydrogen-bond acceptors (Lipinski definition) is 1. The molecule has 1 N–H and O–H groups in total. The number of benzene rings is 1. The average molecular weight is 314 g/mol. The van der Waals surface area contributed by atoms with Crippen molar-refractivity contribution in [2.75, 3.05) is 0 Å². The zero-order valence-corrected chi connectivity index (χ0v) is 13.2. The van der Waals surface area contributed by atoms with Crippen LogP contribution in [0.25, 0.3) is 0 Å². The molecule has 2 heteroatoms. The number of aromatic hydroxyl groups is 1. The summed E-state index contributed by atoms with van der Waals surface area (Å²) >= 11 is -0.653. The van der Waals surface area contributed by atoms with Crippen molar-refractivity contribution >= 4 is 19.8 Å². The zero-order chi connectivity index (χ0) is 11.7. The van der Waals surface area contributed by atoms with Crippen molar-refractivity contribution in [2.45, 2.75) is 41.0 Å². The molecule has 1 aromatic carbocycles. The molecule has 0 spiro atoms. The van der Waals surface area contributed by atoms with Gasteiger partial charge in [-0.3, -0.25) is 0 Å². The number of aryl methyl sites for hydroxylation is 1. The van der Waals surface area contributed by atoms with E-state index in [0.717, 1.165) is 0 Å². The SMILES string of the molecule is C[CH2][Sn]([CH2]C)[CH2]C.Cc1ccc(O)cc1. The molecule has 0 aliphatic carbocycles. The molecule has 0 unspecified atom stereocenters. The van der Waals surface area contributed by atoms with Crippen LogP contribution in [0.1, 0.15) is 26.3 Å². The summed E-state index contributed by atoms with van der Waals surface area (Å²) in [6, 6.07) is 7.09. The monoisotopic (exact) mass is 315 g/mol. The smallest absolute Gasteiger partial charge is 0.115 e. The predicted octanol–water partition coefficient (Wildman–Crippen LogP) is 4.24. The van der Waals surface area contributed by atoms with Crippen molar-refractivity contribution in [1.82, 2.24) is 0 Å². The van der Waals surface area contributed by atoms with E-state index in [9.17, 15) is 0 Å². The van der Waals surface area contributed by atoms with Crippen molar-refractivity contribution in [2.24, 2.45) is 0 Å². The third-order valence-corrected chi connectivity index (χ3v) is 11.1. The third kappa shape index (κ3) is 7.71. The number of phenolic OH excluding ortho intramolecular Hbond substituents is 1. The molecule has 0 fully saturated rings. The maximum Gasteiger partial charge on any atom is 0.115 e. The first-order chi connectivity index (χ1) is 7.13. The standard InChI is InChI=1S/C7H8O.3C2H5.Sn/c1-6-2-4-7(8)5-3-6;3*1-2;/h2-5,8H,1H3;3*1H2,2H3;. The fraction of sp³-hybridized carbons (Fsp3) is 0.538. The van der Waals surface area contributed by atoms with Gasteiger partial charge in [0.1, 0.15) is 5.75 Å². The van der Waals surface area contributed by atoms with E-state index in [1.807, 2.05) is 19.1 Å². The molecule has 1 nitrogen and oxygen atoms in total. The van der Waals surface area contributed by atoms with Crippen molar-refractivity contribution in [3.05, 3.63) is 29.8 Å². The normalized spacial score (nSPS) is 9.67. The van der Waals surface area contributed by atoms with Crippen LogP contribution < -0.4 is 0 Å². The number of hydrogen-bond donors (Lipinski definition) is 1. The van der Waals surface area contributed by atoms with Crippen molar-refractivity contribution < 1.29 is 5.11 Å². The van der Waals surface area contributed by atoms with Crippen LogP contribution in [-0.4, -0.2) is 24.9 Å². The third-order valence-electron chi connectivity index (χ3n) is 2.53. The van der Waals surface area contributed by atoms with Gasteiger partial charge in [0.2, 0.25) is 0 Å². The van der Waals surface area contributed by atoms with E-state index in [4.69, 9.17) is 5.11 Å². The second-order valence-electron chi connectivity index (χ2n) is 3.65. The van der Waals surface area contributed by atoms with E-state index in [2.05, 4.69) is 20.8 Å². The van der Waals surface area contributed by atoms with Gasteiger partial charge in [-0.2, -0.15) is 0 Å². The number of phenols is 1. The molecular weight excluding hydrogens is 291 g/mol. The van der Waals surface area contributed by atoms with Gasteiger partial charge >= 0.3 is 53.8 Å². The molecule has 0 bridgehead atoms. The van der Waals surface area contributed by atoms with Gasteiger partial charge in [-0.25, -0.2) is 0 Å². The van der Waals surface area contributed by atoms with Crippen LogP contribution in [0.5, 0.6) is 5.75 Å². The molecule has 0 amide bonds. The first-order valence-electron chi connectivity index (χ1n) is 5.73. The summed E-state index contributed by atoms with van der Waals surface area (Å²) < 4.78 is 4.65. The van der Waals surface area contributed by atoms with E-state index in [0.29, 0.717) is 5.75 Å². The average Bonchev–Trinajstić information content (AvgIpc) is 2.26. The van der Waals surface area contributed by atoms with Crippen LogP contribution in [-0.2, 0) is 0 Å². The van der Waals surface area contributed by atoms with Crippen LogP contribution in [0.3, 0.4) is 0 Å². The zero-order valence-electron chi connectivity index (χ0n) is 10.4. The van der Waals surface area contributed by atoms with E-state index in [1.54, 1.807) is 25.4 Å². The second kappa shape index (κ2) is 9.07. The first kappa shape index (κ1) is 14.8. The van der Waals surface area contributed by atoms with Crippen LogP contribution in [0.4, 0.5) is 0 Å². The minimum absolute atomic E-state index is 0.329. The van der Waals surface area contributed by atoms with Gasteiger partial charge in [-0.1, -0.05) is 17.7 Å². The topological polar surface area (TPSA) is 20.2 Å². The Bertz CT molecular complexity index is 213. The Morgan fingerprint density at radius 1 is 0.933 bits per heavy atom. The summed E-state index contributed by atoms with van der Waals surface area (Å²) in [5.41, 5.74) is 1.17. The molecule has 0 atom stereocenters. The van der Waals surface area contributed by atoms with Gasteiger partial charge in [0.25, 0.3) is 0 Å². The molecule has 0 aliphatic heterocycles. The quantitative estimate of drug-likeness (QED) is 0.827. The van der Waals surface area contributed by atoms with Crippen LogP contribution in [0, 0.1) is 6.92 Å². The Balaban J connectivity index is 0.000000265. The summed E-state index contributed by atoms with van der Waals surface area (Å²) in [5.74, 6) is 0.329. The molecule has 85 valence electrons. The fourth-order valence-electron chi connectivity index (χ4n) is 1.29. The van der Waals surface area contributed by atoms with E-state index in [1.165, 1.54) is 5.56 Å². The Kier molecular flexibility index (Phi) is 8.96. The minimum atomic E-state index is -0.653. The molecular formula is C13H23OSn. The molecule has 1 radical (unpaired) electrons. The van der Waals surface area contributed by atoms with Crippen LogP contribution in [0.2, 0.25) is 13.3 Å². The summed E-state index contributed by atoms with van der Waals surface area (Å²) in [7, 11) is 0. The molecule has 0 saturated carbocycles. The molecule has 1 rings (SSSR count). The van der Waals surface area contributed by atoms with Crippen molar-refractivity contribution in [3.63, 3.8) is 0 Å². The van der Waals surface area contributed by atoms with E-state index >= 15 is 0 Å². The van der Waals surface area contributed by atoms with E-state index < -0.39 is 19.8 Å². The van der Waals surface area contributed by atoms with E-state index in [-0.39, 0.29) is 0 Å². The van der Waals surface area contributed by atoms with Crippen molar-refractivity contribution in [1.29, 1.82) is 0 Å². The first-order valence-corrected chi connectivity index (χ1v) is 11.8.